The van der Waals surface area contributed by atoms with Gasteiger partial charge in [-0.1, -0.05) is 13.8 Å². The molecule has 1 saturated heterocycles. The van der Waals surface area contributed by atoms with Gasteiger partial charge in [0.1, 0.15) is 0 Å². The summed E-state index contributed by atoms with van der Waals surface area (Å²) in [5.41, 5.74) is 3.83. The van der Waals surface area contributed by atoms with E-state index >= 15 is 0 Å². The van der Waals surface area contributed by atoms with E-state index in [1.165, 1.54) is 11.3 Å². The van der Waals surface area contributed by atoms with Gasteiger partial charge >= 0.3 is 0 Å². The first-order valence-corrected chi connectivity index (χ1v) is 6.95. The number of aryl methyl sites for hydroxylation is 1. The number of hydrogen-bond donors (Lipinski definition) is 1. The van der Waals surface area contributed by atoms with Crippen molar-refractivity contribution in [3.05, 3.63) is 17.0 Å². The maximum Gasteiger partial charge on any atom is 0.0641 e. The molecule has 2 rings (SSSR count). The number of aromatic nitrogens is 2. The Kier molecular flexibility index (Phi) is 4.40. The van der Waals surface area contributed by atoms with Crippen molar-refractivity contribution < 1.29 is 4.74 Å². The van der Waals surface area contributed by atoms with Crippen molar-refractivity contribution in [3.8, 4) is 0 Å². The molecule has 4 nitrogen and oxygen atoms in total. The first-order chi connectivity index (χ1) is 8.59. The highest BCUT2D eigenvalue weighted by molar-refractivity contribution is 5.25. The van der Waals surface area contributed by atoms with Crippen molar-refractivity contribution in [3.63, 3.8) is 0 Å². The summed E-state index contributed by atoms with van der Waals surface area (Å²) < 4.78 is 7.64. The second-order valence-electron chi connectivity index (χ2n) is 5.47. The highest BCUT2D eigenvalue weighted by atomic mass is 16.5. The lowest BCUT2D eigenvalue weighted by atomic mass is 10.1. The molecule has 2 heterocycles. The largest absolute Gasteiger partial charge is 0.381 e. The van der Waals surface area contributed by atoms with Crippen LogP contribution >= 0.6 is 0 Å². The predicted octanol–water partition coefficient (Wildman–Crippen LogP) is 2.35. The molecule has 0 radical (unpaired) electrons. The molecule has 1 aromatic rings. The second kappa shape index (κ2) is 5.85. The van der Waals surface area contributed by atoms with E-state index in [-0.39, 0.29) is 0 Å². The molecule has 1 N–H and O–H groups in total. The van der Waals surface area contributed by atoms with Crippen LogP contribution in [0.15, 0.2) is 0 Å². The van der Waals surface area contributed by atoms with E-state index in [1.807, 2.05) is 0 Å². The van der Waals surface area contributed by atoms with Gasteiger partial charge in [0.05, 0.1) is 11.7 Å². The lowest BCUT2D eigenvalue weighted by Crippen LogP contribution is -2.23. The molecule has 1 aliphatic rings. The fourth-order valence-corrected chi connectivity index (χ4v) is 2.54. The number of hydrogen-bond acceptors (Lipinski definition) is 3. The van der Waals surface area contributed by atoms with Gasteiger partial charge in [0.2, 0.25) is 0 Å². The molecule has 0 unspecified atom stereocenters. The van der Waals surface area contributed by atoms with Gasteiger partial charge in [-0.2, -0.15) is 5.10 Å². The highest BCUT2D eigenvalue weighted by Crippen LogP contribution is 2.24. The molecule has 18 heavy (non-hydrogen) atoms. The van der Waals surface area contributed by atoms with Gasteiger partial charge in [0.15, 0.2) is 0 Å². The summed E-state index contributed by atoms with van der Waals surface area (Å²) in [7, 11) is 0. The van der Waals surface area contributed by atoms with Gasteiger partial charge < -0.3 is 10.1 Å². The molecular weight excluding hydrogens is 226 g/mol. The molecule has 102 valence electrons. The molecule has 4 heteroatoms. The molecule has 0 saturated carbocycles. The normalized spacial score (nSPS) is 17.6. The predicted molar refractivity (Wildman–Crippen MR) is 72.8 cm³/mol. The Balaban J connectivity index is 2.14. The minimum atomic E-state index is 0.509. The summed E-state index contributed by atoms with van der Waals surface area (Å²) >= 11 is 0. The summed E-state index contributed by atoms with van der Waals surface area (Å²) in [6, 6.07) is 1.03. The Bertz CT molecular complexity index is 392. The van der Waals surface area contributed by atoms with Gasteiger partial charge in [-0.15, -0.1) is 0 Å². The maximum atomic E-state index is 5.42. The average Bonchev–Trinajstić information content (AvgIpc) is 2.63. The van der Waals surface area contributed by atoms with Crippen LogP contribution in [0.3, 0.4) is 0 Å². The highest BCUT2D eigenvalue weighted by Gasteiger charge is 2.21. The third-order valence-corrected chi connectivity index (χ3v) is 3.70. The Hall–Kier alpha value is -0.870. The van der Waals surface area contributed by atoms with E-state index in [9.17, 15) is 0 Å². The van der Waals surface area contributed by atoms with E-state index < -0.39 is 0 Å². The van der Waals surface area contributed by atoms with E-state index in [0.717, 1.165) is 38.3 Å². The van der Waals surface area contributed by atoms with Crippen molar-refractivity contribution in [1.29, 1.82) is 0 Å². The number of nitrogens with zero attached hydrogens (tertiary/aromatic N) is 2. The van der Waals surface area contributed by atoms with Gasteiger partial charge in [-0.05, 0) is 26.7 Å². The van der Waals surface area contributed by atoms with Crippen LogP contribution < -0.4 is 5.32 Å². The van der Waals surface area contributed by atoms with Crippen LogP contribution in [0.2, 0.25) is 0 Å². The van der Waals surface area contributed by atoms with Crippen LogP contribution in [0, 0.1) is 13.8 Å². The second-order valence-corrected chi connectivity index (χ2v) is 5.47. The fourth-order valence-electron chi connectivity index (χ4n) is 2.54. The van der Waals surface area contributed by atoms with Crippen molar-refractivity contribution in [2.24, 2.45) is 0 Å². The van der Waals surface area contributed by atoms with Crippen molar-refractivity contribution in [1.82, 2.24) is 15.1 Å². The first kappa shape index (κ1) is 13.6. The van der Waals surface area contributed by atoms with Gasteiger partial charge in [0.25, 0.3) is 0 Å². The zero-order valence-electron chi connectivity index (χ0n) is 12.0. The molecule has 0 aliphatic carbocycles. The molecule has 0 spiro atoms. The quantitative estimate of drug-likeness (QED) is 0.893. The number of nitrogens with one attached hydrogen (secondary N) is 1. The monoisotopic (exact) mass is 251 g/mol. The molecule has 0 aromatic carbocycles. The van der Waals surface area contributed by atoms with Crippen LogP contribution in [0.1, 0.15) is 49.7 Å². The van der Waals surface area contributed by atoms with E-state index in [1.54, 1.807) is 0 Å². The van der Waals surface area contributed by atoms with Gasteiger partial charge in [-0.25, -0.2) is 0 Å². The fraction of sp³-hybridized carbons (Fsp3) is 0.786. The first-order valence-electron chi connectivity index (χ1n) is 6.95. The maximum absolute atomic E-state index is 5.42. The van der Waals surface area contributed by atoms with Crippen LogP contribution in [0.4, 0.5) is 0 Å². The zero-order valence-corrected chi connectivity index (χ0v) is 12.0. The van der Waals surface area contributed by atoms with Crippen LogP contribution in [-0.2, 0) is 11.3 Å². The Morgan fingerprint density at radius 2 is 2.00 bits per heavy atom. The standard InChI is InChI=1S/C14H25N3O/c1-10(2)15-9-14-11(3)16-17(12(14)4)13-5-7-18-8-6-13/h10,13,15H,5-9H2,1-4H3. The molecule has 1 aromatic heterocycles. The molecule has 0 bridgehead atoms. The summed E-state index contributed by atoms with van der Waals surface area (Å²) in [6.45, 7) is 11.3. The van der Waals surface area contributed by atoms with Gasteiger partial charge in [0, 0.05) is 37.1 Å². The zero-order chi connectivity index (χ0) is 13.1. The number of rotatable bonds is 4. The summed E-state index contributed by atoms with van der Waals surface area (Å²) in [4.78, 5) is 0. The molecule has 1 aliphatic heterocycles. The minimum absolute atomic E-state index is 0.509. The van der Waals surface area contributed by atoms with Crippen molar-refractivity contribution in [2.75, 3.05) is 13.2 Å². The SMILES string of the molecule is Cc1nn(C2CCOCC2)c(C)c1CNC(C)C. The van der Waals surface area contributed by atoms with Crippen molar-refractivity contribution in [2.45, 2.75) is 59.2 Å². The molecule has 0 amide bonds. The van der Waals surface area contributed by atoms with E-state index in [0.29, 0.717) is 12.1 Å². The lowest BCUT2D eigenvalue weighted by Gasteiger charge is -2.23. The number of ether oxygens (including phenoxy) is 1. The van der Waals surface area contributed by atoms with E-state index in [2.05, 4.69) is 37.7 Å². The topological polar surface area (TPSA) is 39.1 Å². The Labute approximate surface area is 110 Å². The van der Waals surface area contributed by atoms with Gasteiger partial charge in [-0.3, -0.25) is 4.68 Å². The Morgan fingerprint density at radius 3 is 2.61 bits per heavy atom. The lowest BCUT2D eigenvalue weighted by molar-refractivity contribution is 0.0656. The Morgan fingerprint density at radius 1 is 1.33 bits per heavy atom. The summed E-state index contributed by atoms with van der Waals surface area (Å²) in [6.07, 6.45) is 2.16. The molecule has 1 fully saturated rings. The summed E-state index contributed by atoms with van der Waals surface area (Å²) in [5, 5.41) is 8.21. The van der Waals surface area contributed by atoms with Crippen LogP contribution in [-0.4, -0.2) is 29.0 Å². The summed E-state index contributed by atoms with van der Waals surface area (Å²) in [5.74, 6) is 0. The smallest absolute Gasteiger partial charge is 0.0641 e. The third kappa shape index (κ3) is 2.93. The van der Waals surface area contributed by atoms with Crippen LogP contribution in [0.25, 0.3) is 0 Å². The van der Waals surface area contributed by atoms with Crippen molar-refractivity contribution >= 4 is 0 Å². The van der Waals surface area contributed by atoms with E-state index in [4.69, 9.17) is 9.84 Å². The third-order valence-electron chi connectivity index (χ3n) is 3.70. The minimum Gasteiger partial charge on any atom is -0.381 e. The van der Waals surface area contributed by atoms with Crippen LogP contribution in [0.5, 0.6) is 0 Å². The average molecular weight is 251 g/mol. The molecule has 0 atom stereocenters. The molecular formula is C14H25N3O.